The zero-order chi connectivity index (χ0) is 23.1. The molecule has 0 saturated carbocycles. The van der Waals surface area contributed by atoms with E-state index in [9.17, 15) is 9.59 Å². The highest BCUT2D eigenvalue weighted by atomic mass is 16.2. The molecule has 1 heterocycles. The van der Waals surface area contributed by atoms with Gasteiger partial charge in [-0.05, 0) is 41.2 Å². The van der Waals surface area contributed by atoms with E-state index in [1.165, 1.54) is 0 Å². The molecular weight excluding hydrogens is 400 g/mol. The predicted octanol–water partition coefficient (Wildman–Crippen LogP) is 5.66. The Morgan fingerprint density at radius 3 is 2.28 bits per heavy atom. The second kappa shape index (κ2) is 10.9. The predicted molar refractivity (Wildman–Crippen MR) is 128 cm³/mol. The molecule has 2 aromatic carbocycles. The van der Waals surface area contributed by atoms with E-state index < -0.39 is 6.04 Å². The third-order valence-electron chi connectivity index (χ3n) is 5.75. The number of carbonyl (C=O) groups is 2. The van der Waals surface area contributed by atoms with Gasteiger partial charge >= 0.3 is 0 Å². The lowest BCUT2D eigenvalue weighted by molar-refractivity contribution is -0.141. The van der Waals surface area contributed by atoms with Crippen molar-refractivity contribution in [2.24, 2.45) is 21.4 Å². The van der Waals surface area contributed by atoms with Crippen molar-refractivity contribution < 1.29 is 9.59 Å². The molecule has 6 heteroatoms. The van der Waals surface area contributed by atoms with Crippen LogP contribution in [0.2, 0.25) is 0 Å². The molecule has 168 valence electrons. The molecule has 32 heavy (non-hydrogen) atoms. The number of benzene rings is 2. The van der Waals surface area contributed by atoms with Gasteiger partial charge in [-0.15, -0.1) is 5.10 Å². The number of hydrogen-bond acceptors (Lipinski definition) is 5. The number of ketones is 1. The Morgan fingerprint density at radius 2 is 1.72 bits per heavy atom. The molecule has 0 bridgehead atoms. The van der Waals surface area contributed by atoms with Gasteiger partial charge in [0, 0.05) is 18.5 Å². The second-order valence-electron chi connectivity index (χ2n) is 8.60. The first-order chi connectivity index (χ1) is 15.4. The molecule has 1 unspecified atom stereocenters. The van der Waals surface area contributed by atoms with Crippen molar-refractivity contribution in [3.63, 3.8) is 0 Å². The number of hydrogen-bond donors (Lipinski definition) is 0. The second-order valence-corrected chi connectivity index (χ2v) is 8.60. The van der Waals surface area contributed by atoms with Gasteiger partial charge in [-0.25, -0.2) is 0 Å². The third kappa shape index (κ3) is 5.55. The lowest BCUT2D eigenvalue weighted by Crippen LogP contribution is -2.46. The summed E-state index contributed by atoms with van der Waals surface area (Å²) < 4.78 is 0. The monoisotopic (exact) mass is 432 g/mol. The van der Waals surface area contributed by atoms with Crippen LogP contribution in [0.3, 0.4) is 0 Å². The summed E-state index contributed by atoms with van der Waals surface area (Å²) in [6.07, 6.45) is 2.25. The lowest BCUT2D eigenvalue weighted by atomic mass is 9.95. The van der Waals surface area contributed by atoms with E-state index in [0.29, 0.717) is 19.5 Å². The molecule has 2 aromatic rings. The Hall–Kier alpha value is -3.15. The van der Waals surface area contributed by atoms with Gasteiger partial charge < -0.3 is 4.90 Å². The molecule has 1 amide bonds. The molecule has 3 rings (SSSR count). The van der Waals surface area contributed by atoms with Crippen LogP contribution in [0, 0.1) is 5.92 Å². The SMILES string of the molecule is CCCCC(=O)N(Cc1ccc(-c2ccccc2C2=NN=NC2)cc1)C(C(C)=O)C(C)C. The summed E-state index contributed by atoms with van der Waals surface area (Å²) in [7, 11) is 0. The molecule has 1 atom stereocenters. The van der Waals surface area contributed by atoms with Gasteiger partial charge in [0.25, 0.3) is 0 Å². The summed E-state index contributed by atoms with van der Waals surface area (Å²) in [5.74, 6) is 0.137. The highest BCUT2D eigenvalue weighted by Gasteiger charge is 2.29. The fraction of sp³-hybridized carbons (Fsp3) is 0.423. The van der Waals surface area contributed by atoms with Gasteiger partial charge in [-0.1, -0.05) is 75.7 Å². The standard InChI is InChI=1S/C26H32N4O2/c1-5-6-11-25(32)30(26(18(2)3)19(4)31)17-20-12-14-21(15-13-20)22-9-7-8-10-23(22)24-16-27-29-28-24/h7-10,12-15,18,26H,5-6,11,16-17H2,1-4H3. The molecule has 1 aliphatic rings. The molecule has 0 saturated heterocycles. The molecular formula is C26H32N4O2. The van der Waals surface area contributed by atoms with Crippen LogP contribution in [0.4, 0.5) is 0 Å². The summed E-state index contributed by atoms with van der Waals surface area (Å²) in [6, 6.07) is 15.9. The maximum Gasteiger partial charge on any atom is 0.223 e. The van der Waals surface area contributed by atoms with E-state index in [-0.39, 0.29) is 17.6 Å². The van der Waals surface area contributed by atoms with Gasteiger partial charge in [-0.3, -0.25) is 9.59 Å². The van der Waals surface area contributed by atoms with Crippen molar-refractivity contribution in [1.82, 2.24) is 4.90 Å². The minimum absolute atomic E-state index is 0.0311. The molecule has 1 aliphatic heterocycles. The van der Waals surface area contributed by atoms with Crippen LogP contribution in [0.5, 0.6) is 0 Å². The smallest absolute Gasteiger partial charge is 0.223 e. The van der Waals surface area contributed by atoms with E-state index in [2.05, 4.69) is 40.6 Å². The summed E-state index contributed by atoms with van der Waals surface area (Å²) in [4.78, 5) is 27.1. The summed E-state index contributed by atoms with van der Waals surface area (Å²) >= 11 is 0. The zero-order valence-electron chi connectivity index (χ0n) is 19.4. The summed E-state index contributed by atoms with van der Waals surface area (Å²) in [5.41, 5.74) is 5.03. The Labute approximate surface area is 190 Å². The van der Waals surface area contributed by atoms with E-state index in [4.69, 9.17) is 0 Å². The lowest BCUT2D eigenvalue weighted by Gasteiger charge is -2.33. The fourth-order valence-electron chi connectivity index (χ4n) is 4.19. The largest absolute Gasteiger partial charge is 0.328 e. The number of nitrogens with zero attached hydrogens (tertiary/aromatic N) is 4. The van der Waals surface area contributed by atoms with E-state index >= 15 is 0 Å². The number of carbonyl (C=O) groups excluding carboxylic acids is 2. The number of amides is 1. The molecule has 6 nitrogen and oxygen atoms in total. The molecule has 0 N–H and O–H groups in total. The van der Waals surface area contributed by atoms with Crippen molar-refractivity contribution in [3.8, 4) is 11.1 Å². The quantitative estimate of drug-likeness (QED) is 0.486. The van der Waals surface area contributed by atoms with E-state index in [1.54, 1.807) is 11.8 Å². The molecule has 0 aliphatic carbocycles. The topological polar surface area (TPSA) is 74.5 Å². The third-order valence-corrected chi connectivity index (χ3v) is 5.75. The van der Waals surface area contributed by atoms with Crippen LogP contribution in [0.25, 0.3) is 11.1 Å². The average Bonchev–Trinajstić information content (AvgIpc) is 3.32. The van der Waals surface area contributed by atoms with Crippen molar-refractivity contribution in [2.75, 3.05) is 6.54 Å². The van der Waals surface area contributed by atoms with E-state index in [0.717, 1.165) is 40.8 Å². The molecule has 0 spiro atoms. The number of Topliss-reactive ketones (excluding diaryl/α,β-unsaturated/α-hetero) is 1. The first kappa shape index (κ1) is 23.5. The van der Waals surface area contributed by atoms with Crippen LogP contribution in [-0.2, 0) is 16.1 Å². The van der Waals surface area contributed by atoms with E-state index in [1.807, 2.05) is 44.2 Å². The number of rotatable bonds is 10. The van der Waals surface area contributed by atoms with Crippen LogP contribution >= 0.6 is 0 Å². The van der Waals surface area contributed by atoms with Crippen molar-refractivity contribution in [3.05, 3.63) is 59.7 Å². The Bertz CT molecular complexity index is 1010. The maximum atomic E-state index is 13.0. The average molecular weight is 433 g/mol. The zero-order valence-corrected chi connectivity index (χ0v) is 19.4. The first-order valence-corrected chi connectivity index (χ1v) is 11.3. The first-order valence-electron chi connectivity index (χ1n) is 11.3. The van der Waals surface area contributed by atoms with Crippen LogP contribution in [0.15, 0.2) is 64.0 Å². The summed E-state index contributed by atoms with van der Waals surface area (Å²) in [6.45, 7) is 8.56. The van der Waals surface area contributed by atoms with Gasteiger partial charge in [-0.2, -0.15) is 5.11 Å². The highest BCUT2D eigenvalue weighted by molar-refractivity contribution is 6.07. The maximum absolute atomic E-state index is 13.0. The van der Waals surface area contributed by atoms with Crippen LogP contribution in [-0.4, -0.2) is 34.9 Å². The Morgan fingerprint density at radius 1 is 1.03 bits per heavy atom. The molecule has 0 fully saturated rings. The van der Waals surface area contributed by atoms with Crippen molar-refractivity contribution >= 4 is 17.4 Å². The fourth-order valence-corrected chi connectivity index (χ4v) is 4.19. The molecule has 0 aromatic heterocycles. The Balaban J connectivity index is 1.85. The molecule has 0 radical (unpaired) electrons. The van der Waals surface area contributed by atoms with Crippen LogP contribution in [0.1, 0.15) is 58.1 Å². The Kier molecular flexibility index (Phi) is 8.03. The highest BCUT2D eigenvalue weighted by Crippen LogP contribution is 2.27. The normalized spacial score (nSPS) is 13.8. The van der Waals surface area contributed by atoms with Gasteiger partial charge in [0.05, 0.1) is 11.8 Å². The summed E-state index contributed by atoms with van der Waals surface area (Å²) in [5, 5.41) is 11.9. The van der Waals surface area contributed by atoms with Gasteiger partial charge in [0.1, 0.15) is 6.54 Å². The minimum Gasteiger partial charge on any atom is -0.328 e. The van der Waals surface area contributed by atoms with Gasteiger partial charge in [0.2, 0.25) is 5.91 Å². The minimum atomic E-state index is -0.410. The number of unbranched alkanes of at least 4 members (excludes halogenated alkanes) is 1. The van der Waals surface area contributed by atoms with Gasteiger partial charge in [0.15, 0.2) is 5.78 Å². The van der Waals surface area contributed by atoms with Crippen molar-refractivity contribution in [1.29, 1.82) is 0 Å². The van der Waals surface area contributed by atoms with Crippen molar-refractivity contribution in [2.45, 2.75) is 59.5 Å². The van der Waals surface area contributed by atoms with Crippen LogP contribution < -0.4 is 0 Å².